The molecule has 15 heavy (non-hydrogen) atoms. The lowest BCUT2D eigenvalue weighted by Gasteiger charge is -2.15. The molecule has 1 aliphatic rings. The van der Waals surface area contributed by atoms with E-state index in [9.17, 15) is 0 Å². The smallest absolute Gasteiger partial charge is 0.122 e. The van der Waals surface area contributed by atoms with Crippen LogP contribution in [0.3, 0.4) is 0 Å². The highest BCUT2D eigenvalue weighted by Crippen LogP contribution is 2.23. The van der Waals surface area contributed by atoms with Gasteiger partial charge in [-0.15, -0.1) is 0 Å². The van der Waals surface area contributed by atoms with Gasteiger partial charge < -0.3 is 4.74 Å². The molecule has 0 saturated heterocycles. The fourth-order valence-electron chi connectivity index (χ4n) is 1.30. The van der Waals surface area contributed by atoms with Crippen LogP contribution in [0.5, 0.6) is 5.75 Å². The molecule has 0 spiro atoms. The molecule has 84 valence electrons. The van der Waals surface area contributed by atoms with Crippen LogP contribution in [-0.2, 0) is 6.42 Å². The van der Waals surface area contributed by atoms with Crippen LogP contribution in [0, 0.1) is 5.41 Å². The molecule has 0 unspecified atom stereocenters. The summed E-state index contributed by atoms with van der Waals surface area (Å²) in [6.07, 6.45) is 2.34. The standard InChI is InChI=1S/C9H10O.C5H12/c1-2-6-9-8(4-1)5-3-7-10-9;1-5(2,3)4/h1-2,4,6H,3,5,7H2;1-4H3. The molecule has 0 fully saturated rings. The number of ether oxygens (including phenoxy) is 1. The van der Waals surface area contributed by atoms with Crippen LogP contribution < -0.4 is 4.74 Å². The van der Waals surface area contributed by atoms with E-state index in [1.807, 2.05) is 12.1 Å². The Balaban J connectivity index is 0.000000195. The Kier molecular flexibility index (Phi) is 4.19. The molecular formula is C14H22O. The van der Waals surface area contributed by atoms with Crippen LogP contribution in [0.4, 0.5) is 0 Å². The molecule has 2 rings (SSSR count). The van der Waals surface area contributed by atoms with Crippen molar-refractivity contribution in [3.63, 3.8) is 0 Å². The second kappa shape index (κ2) is 5.20. The van der Waals surface area contributed by atoms with E-state index >= 15 is 0 Å². The zero-order valence-corrected chi connectivity index (χ0v) is 10.3. The van der Waals surface area contributed by atoms with E-state index in [-0.39, 0.29) is 0 Å². The fraction of sp³-hybridized carbons (Fsp3) is 0.571. The fourth-order valence-corrected chi connectivity index (χ4v) is 1.30. The quantitative estimate of drug-likeness (QED) is 0.622. The van der Waals surface area contributed by atoms with E-state index in [1.54, 1.807) is 0 Å². The van der Waals surface area contributed by atoms with Crippen LogP contribution in [0.25, 0.3) is 0 Å². The number of aryl methyl sites for hydroxylation is 1. The summed E-state index contributed by atoms with van der Waals surface area (Å²) in [6.45, 7) is 9.64. The van der Waals surface area contributed by atoms with E-state index < -0.39 is 0 Å². The summed E-state index contributed by atoms with van der Waals surface area (Å²) in [5, 5.41) is 0. The minimum atomic E-state index is 0.500. The normalized spacial score (nSPS) is 14.4. The largest absolute Gasteiger partial charge is 0.493 e. The van der Waals surface area contributed by atoms with Gasteiger partial charge in [0.15, 0.2) is 0 Å². The van der Waals surface area contributed by atoms with E-state index in [1.165, 1.54) is 12.0 Å². The maximum absolute atomic E-state index is 5.42. The summed E-state index contributed by atoms with van der Waals surface area (Å²) in [4.78, 5) is 0. The first-order valence-corrected chi connectivity index (χ1v) is 5.67. The number of para-hydroxylation sites is 1. The summed E-state index contributed by atoms with van der Waals surface area (Å²) in [7, 11) is 0. The molecule has 0 saturated carbocycles. The second-order valence-electron chi connectivity index (χ2n) is 5.56. The highest BCUT2D eigenvalue weighted by atomic mass is 16.5. The van der Waals surface area contributed by atoms with Gasteiger partial charge in [0, 0.05) is 0 Å². The Morgan fingerprint density at radius 3 is 2.27 bits per heavy atom. The van der Waals surface area contributed by atoms with Gasteiger partial charge in [-0.1, -0.05) is 45.9 Å². The van der Waals surface area contributed by atoms with Crippen molar-refractivity contribution in [3.05, 3.63) is 29.8 Å². The molecule has 0 aliphatic carbocycles. The Bertz CT molecular complexity index is 265. The van der Waals surface area contributed by atoms with Crippen molar-refractivity contribution < 1.29 is 4.74 Å². The van der Waals surface area contributed by atoms with Crippen molar-refractivity contribution in [2.24, 2.45) is 5.41 Å². The molecule has 1 heterocycles. The van der Waals surface area contributed by atoms with E-state index in [0.717, 1.165) is 18.8 Å². The van der Waals surface area contributed by atoms with E-state index in [2.05, 4.69) is 39.8 Å². The lowest BCUT2D eigenvalue weighted by molar-refractivity contribution is 0.288. The van der Waals surface area contributed by atoms with Gasteiger partial charge in [0.25, 0.3) is 0 Å². The molecule has 1 aromatic carbocycles. The van der Waals surface area contributed by atoms with Crippen LogP contribution in [0.2, 0.25) is 0 Å². The summed E-state index contributed by atoms with van der Waals surface area (Å²) in [5.74, 6) is 1.08. The summed E-state index contributed by atoms with van der Waals surface area (Å²) in [6, 6.07) is 8.25. The number of rotatable bonds is 0. The highest BCUT2D eigenvalue weighted by molar-refractivity contribution is 5.34. The first-order valence-electron chi connectivity index (χ1n) is 5.67. The van der Waals surface area contributed by atoms with Crippen molar-refractivity contribution in [2.45, 2.75) is 40.5 Å². The van der Waals surface area contributed by atoms with Crippen molar-refractivity contribution in [1.82, 2.24) is 0 Å². The average Bonchev–Trinajstić information content (AvgIpc) is 2.16. The topological polar surface area (TPSA) is 9.23 Å². The molecule has 0 amide bonds. The maximum atomic E-state index is 5.42. The molecule has 0 aromatic heterocycles. The van der Waals surface area contributed by atoms with Gasteiger partial charge in [-0.3, -0.25) is 0 Å². The first-order chi connectivity index (χ1) is 6.97. The van der Waals surface area contributed by atoms with Crippen molar-refractivity contribution in [2.75, 3.05) is 6.61 Å². The first kappa shape index (κ1) is 12.1. The summed E-state index contributed by atoms with van der Waals surface area (Å²) < 4.78 is 5.42. The molecule has 0 bridgehead atoms. The second-order valence-corrected chi connectivity index (χ2v) is 5.56. The summed E-state index contributed by atoms with van der Waals surface area (Å²) in [5.41, 5.74) is 1.86. The predicted octanol–water partition coefficient (Wildman–Crippen LogP) is 4.06. The van der Waals surface area contributed by atoms with Gasteiger partial charge in [-0.25, -0.2) is 0 Å². The zero-order chi connectivity index (χ0) is 11.3. The average molecular weight is 206 g/mol. The van der Waals surface area contributed by atoms with Crippen LogP contribution in [0.15, 0.2) is 24.3 Å². The Morgan fingerprint density at radius 2 is 1.67 bits per heavy atom. The van der Waals surface area contributed by atoms with E-state index in [0.29, 0.717) is 5.41 Å². The molecule has 1 aromatic rings. The third-order valence-electron chi connectivity index (χ3n) is 1.82. The van der Waals surface area contributed by atoms with Gasteiger partial charge in [0.05, 0.1) is 6.61 Å². The van der Waals surface area contributed by atoms with Crippen LogP contribution in [-0.4, -0.2) is 6.61 Å². The Morgan fingerprint density at radius 1 is 1.07 bits per heavy atom. The highest BCUT2D eigenvalue weighted by Gasteiger charge is 2.06. The maximum Gasteiger partial charge on any atom is 0.122 e. The van der Waals surface area contributed by atoms with Crippen LogP contribution >= 0.6 is 0 Å². The minimum Gasteiger partial charge on any atom is -0.493 e. The lowest BCUT2D eigenvalue weighted by Crippen LogP contribution is -2.07. The molecule has 0 N–H and O–H groups in total. The lowest BCUT2D eigenvalue weighted by atomic mass is 10.0. The Hall–Kier alpha value is -0.980. The van der Waals surface area contributed by atoms with Gasteiger partial charge in [-0.05, 0) is 29.9 Å². The molecule has 0 radical (unpaired) electrons. The Labute approximate surface area is 93.5 Å². The number of hydrogen-bond acceptors (Lipinski definition) is 1. The van der Waals surface area contributed by atoms with Gasteiger partial charge in [-0.2, -0.15) is 0 Å². The van der Waals surface area contributed by atoms with Crippen LogP contribution in [0.1, 0.15) is 39.7 Å². The molecule has 1 aliphatic heterocycles. The third kappa shape index (κ3) is 5.46. The van der Waals surface area contributed by atoms with Gasteiger partial charge in [0.1, 0.15) is 5.75 Å². The number of hydrogen-bond donors (Lipinski definition) is 0. The number of fused-ring (bicyclic) bond motifs is 1. The monoisotopic (exact) mass is 206 g/mol. The number of benzene rings is 1. The SMILES string of the molecule is CC(C)(C)C.c1ccc2c(c1)CCCO2. The molecule has 0 atom stereocenters. The molecule has 1 heteroatoms. The van der Waals surface area contributed by atoms with Gasteiger partial charge in [0.2, 0.25) is 0 Å². The minimum absolute atomic E-state index is 0.500. The van der Waals surface area contributed by atoms with E-state index in [4.69, 9.17) is 4.74 Å². The third-order valence-corrected chi connectivity index (χ3v) is 1.82. The van der Waals surface area contributed by atoms with Crippen molar-refractivity contribution in [3.8, 4) is 5.75 Å². The zero-order valence-electron chi connectivity index (χ0n) is 10.3. The van der Waals surface area contributed by atoms with Gasteiger partial charge >= 0.3 is 0 Å². The summed E-state index contributed by atoms with van der Waals surface area (Å²) >= 11 is 0. The predicted molar refractivity (Wildman–Crippen MR) is 65.4 cm³/mol. The molecule has 1 nitrogen and oxygen atoms in total. The van der Waals surface area contributed by atoms with Crippen molar-refractivity contribution in [1.29, 1.82) is 0 Å². The van der Waals surface area contributed by atoms with Crippen molar-refractivity contribution >= 4 is 0 Å². The molecular weight excluding hydrogens is 184 g/mol.